The monoisotopic (exact) mass is 750 g/mol. The Bertz CT molecular complexity index is 20.4. The van der Waals surface area contributed by atoms with Crippen LogP contribution in [0.3, 0.4) is 0 Å². The predicted molar refractivity (Wildman–Crippen MR) is 3.43 cm³/mol. The van der Waals surface area contributed by atoms with Crippen molar-refractivity contribution in [3.8, 4) is 0 Å². The SMILES string of the molecule is [Nb+5].[Nb+5].[Ni].[Ni].[O-2].[O-2].[O-2].[O-2].[O-2].[W].[W]. The molecular formula is Nb2Ni2O5W2. The number of hydrogen-bond acceptors (Lipinski definition) is 0. The minimum Gasteiger partial charge on any atom is -2.00 e. The summed E-state index contributed by atoms with van der Waals surface area (Å²) in [5, 5.41) is 0. The number of rotatable bonds is 0. The zero-order chi connectivity index (χ0) is 0. The van der Waals surface area contributed by atoms with E-state index in [0.29, 0.717) is 0 Å². The molecule has 0 N–H and O–H groups in total. The summed E-state index contributed by atoms with van der Waals surface area (Å²) in [5.41, 5.74) is 0. The summed E-state index contributed by atoms with van der Waals surface area (Å²) in [6.45, 7) is 0. The summed E-state index contributed by atoms with van der Waals surface area (Å²) in [6.07, 6.45) is 0. The minimum absolute atomic E-state index is 0. The van der Waals surface area contributed by atoms with Gasteiger partial charge >= 0.3 is 44.8 Å². The predicted octanol–water partition coefficient (Wildman–Crippen LogP) is -0.609. The van der Waals surface area contributed by atoms with Crippen molar-refractivity contribution in [2.24, 2.45) is 0 Å². The molecule has 11 heteroatoms. The molecule has 0 spiro atoms. The Balaban J connectivity index is 0. The van der Waals surface area contributed by atoms with Gasteiger partial charge in [-0.15, -0.1) is 0 Å². The van der Waals surface area contributed by atoms with Gasteiger partial charge in [-0.2, -0.15) is 0 Å². The third kappa shape index (κ3) is 139. The summed E-state index contributed by atoms with van der Waals surface area (Å²) in [6, 6.07) is 0. The first kappa shape index (κ1) is 205. The first-order valence-electron chi connectivity index (χ1n) is 0. The Labute approximate surface area is 145 Å². The molecule has 0 aliphatic rings. The van der Waals surface area contributed by atoms with Crippen LogP contribution in [0.1, 0.15) is 0 Å². The van der Waals surface area contributed by atoms with Crippen molar-refractivity contribution in [3.05, 3.63) is 0 Å². The van der Waals surface area contributed by atoms with Crippen LogP contribution >= 0.6 is 0 Å². The van der Waals surface area contributed by atoms with E-state index >= 15 is 0 Å². The maximum absolute atomic E-state index is 0. The zero-order valence-electron chi connectivity index (χ0n) is 4.38. The summed E-state index contributed by atoms with van der Waals surface area (Å²) in [4.78, 5) is 0. The van der Waals surface area contributed by atoms with Crippen molar-refractivity contribution < 1.29 is 147 Å². The molecule has 0 unspecified atom stereocenters. The molecule has 0 radical (unpaired) electrons. The van der Waals surface area contributed by atoms with Gasteiger partial charge in [0.05, 0.1) is 0 Å². The quantitative estimate of drug-likeness (QED) is 0.292. The minimum atomic E-state index is 0. The second-order valence-corrected chi connectivity index (χ2v) is 0. The van der Waals surface area contributed by atoms with Gasteiger partial charge in [0.25, 0.3) is 0 Å². The van der Waals surface area contributed by atoms with Gasteiger partial charge in [-0.1, -0.05) is 0 Å². The average molecular weight is 751 g/mol. The van der Waals surface area contributed by atoms with Crippen LogP contribution in [0.25, 0.3) is 0 Å². The van der Waals surface area contributed by atoms with Crippen molar-refractivity contribution in [1.82, 2.24) is 0 Å². The summed E-state index contributed by atoms with van der Waals surface area (Å²) < 4.78 is 0. The molecule has 5 nitrogen and oxygen atoms in total. The van der Waals surface area contributed by atoms with Crippen LogP contribution in [0.5, 0.6) is 0 Å². The first-order valence-corrected chi connectivity index (χ1v) is 0. The largest absolute Gasteiger partial charge is 5.00 e. The van der Waals surface area contributed by atoms with Crippen LogP contribution in [-0.2, 0) is 147 Å². The Hall–Kier alpha value is 3.64. The van der Waals surface area contributed by atoms with E-state index in [1.54, 1.807) is 0 Å². The molecule has 0 fully saturated rings. The van der Waals surface area contributed by atoms with E-state index in [1.807, 2.05) is 0 Å². The van der Waals surface area contributed by atoms with Crippen LogP contribution in [0.4, 0.5) is 0 Å². The van der Waals surface area contributed by atoms with Crippen LogP contribution in [-0.4, -0.2) is 0 Å². The molecule has 0 aromatic heterocycles. The second kappa shape index (κ2) is 164. The van der Waals surface area contributed by atoms with Crippen LogP contribution in [0, 0.1) is 0 Å². The van der Waals surface area contributed by atoms with Gasteiger partial charge in [-0.3, -0.25) is 0 Å². The molecule has 0 saturated carbocycles. The Morgan fingerprint density at radius 3 is 0.364 bits per heavy atom. The van der Waals surface area contributed by atoms with Crippen LogP contribution in [0.2, 0.25) is 0 Å². The van der Waals surface area contributed by atoms with E-state index in [-0.39, 0.29) is 147 Å². The topological polar surface area (TPSA) is 142 Å². The second-order valence-electron chi connectivity index (χ2n) is 0. The van der Waals surface area contributed by atoms with Gasteiger partial charge in [-0.05, 0) is 0 Å². The standard InChI is InChI=1S/2Nb.2Ni.5O.2W/q2*+5;;;5*-2;;. The fourth-order valence-electron chi connectivity index (χ4n) is 0. The molecule has 0 bridgehead atoms. The van der Waals surface area contributed by atoms with Crippen LogP contribution < -0.4 is 0 Å². The third-order valence-electron chi connectivity index (χ3n) is 0. The molecule has 0 saturated heterocycles. The van der Waals surface area contributed by atoms with Gasteiger partial charge in [0.15, 0.2) is 0 Å². The van der Waals surface area contributed by atoms with E-state index in [0.717, 1.165) is 0 Å². The van der Waals surface area contributed by atoms with Crippen molar-refractivity contribution in [3.63, 3.8) is 0 Å². The fraction of sp³-hybridized carbons (Fsp3) is 0. The van der Waals surface area contributed by atoms with Crippen molar-refractivity contribution in [2.75, 3.05) is 0 Å². The molecule has 0 aromatic carbocycles. The van der Waals surface area contributed by atoms with E-state index in [2.05, 4.69) is 0 Å². The molecule has 0 aromatic rings. The Kier molecular flexibility index (Phi) is 3070. The molecule has 0 atom stereocenters. The van der Waals surface area contributed by atoms with Crippen molar-refractivity contribution >= 4 is 0 Å². The molecule has 11 heavy (non-hydrogen) atoms. The van der Waals surface area contributed by atoms with Gasteiger partial charge in [0, 0.05) is 75.1 Å². The zero-order valence-corrected chi connectivity index (χ0v) is 16.6. The molecule has 0 heterocycles. The maximum Gasteiger partial charge on any atom is 5.00 e. The molecule has 72 valence electrons. The van der Waals surface area contributed by atoms with Gasteiger partial charge in [-0.25, -0.2) is 0 Å². The summed E-state index contributed by atoms with van der Waals surface area (Å²) in [5.74, 6) is 0. The Morgan fingerprint density at radius 2 is 0.364 bits per heavy atom. The summed E-state index contributed by atoms with van der Waals surface area (Å²) in [7, 11) is 0. The average Bonchev–Trinajstić information content (AvgIpc) is 0. The van der Waals surface area contributed by atoms with Gasteiger partial charge in [0.2, 0.25) is 0 Å². The Morgan fingerprint density at radius 1 is 0.364 bits per heavy atom. The van der Waals surface area contributed by atoms with Gasteiger partial charge in [0.1, 0.15) is 0 Å². The van der Waals surface area contributed by atoms with E-state index in [9.17, 15) is 0 Å². The molecule has 0 amide bonds. The van der Waals surface area contributed by atoms with E-state index in [1.165, 1.54) is 0 Å². The molecule has 0 rings (SSSR count). The molecular weight excluding hydrogens is 751 g/mol. The van der Waals surface area contributed by atoms with Crippen molar-refractivity contribution in [2.45, 2.75) is 0 Å². The molecule has 0 aliphatic heterocycles. The van der Waals surface area contributed by atoms with Crippen molar-refractivity contribution in [1.29, 1.82) is 0 Å². The van der Waals surface area contributed by atoms with Gasteiger partial charge < -0.3 is 27.4 Å². The van der Waals surface area contributed by atoms with E-state index < -0.39 is 0 Å². The number of hydrogen-bond donors (Lipinski definition) is 0. The molecule has 0 aliphatic carbocycles. The maximum atomic E-state index is 0. The first-order chi connectivity index (χ1) is 0. The normalized spacial score (nSPS) is 0. The van der Waals surface area contributed by atoms with Crippen LogP contribution in [0.15, 0.2) is 0 Å². The summed E-state index contributed by atoms with van der Waals surface area (Å²) >= 11 is 0. The van der Waals surface area contributed by atoms with E-state index in [4.69, 9.17) is 0 Å². The smallest absolute Gasteiger partial charge is 2.00 e. The fourth-order valence-corrected chi connectivity index (χ4v) is 0. The third-order valence-corrected chi connectivity index (χ3v) is 0.